The van der Waals surface area contributed by atoms with Crippen LogP contribution in [0.1, 0.15) is 17.0 Å². The molecule has 0 heterocycles. The maximum absolute atomic E-state index is 14.1. The van der Waals surface area contributed by atoms with Gasteiger partial charge in [-0.15, -0.1) is 5.10 Å². The minimum Gasteiger partial charge on any atom is -0.369 e. The van der Waals surface area contributed by atoms with E-state index >= 15 is 0 Å². The Bertz CT molecular complexity index is 727. The van der Waals surface area contributed by atoms with Crippen LogP contribution in [0.4, 0.5) is 8.78 Å². The van der Waals surface area contributed by atoms with Crippen LogP contribution < -0.4 is 11.5 Å². The van der Waals surface area contributed by atoms with E-state index in [4.69, 9.17) is 11.5 Å². The zero-order valence-corrected chi connectivity index (χ0v) is 13.0. The molecule has 1 atom stereocenters. The van der Waals surface area contributed by atoms with Crippen LogP contribution in [0.15, 0.2) is 57.1 Å². The van der Waals surface area contributed by atoms with Gasteiger partial charge in [-0.3, -0.25) is 0 Å². The predicted octanol–water partition coefficient (Wildman–Crippen LogP) is 3.12. The van der Waals surface area contributed by atoms with E-state index in [2.05, 4.69) is 26.1 Å². The highest BCUT2D eigenvalue weighted by Gasteiger charge is 2.19. The average molecular weight is 367 g/mol. The fourth-order valence-corrected chi connectivity index (χ4v) is 2.47. The van der Waals surface area contributed by atoms with Crippen molar-refractivity contribution < 1.29 is 8.78 Å². The fraction of sp³-hybridized carbons (Fsp3) is 0.0667. The van der Waals surface area contributed by atoms with Gasteiger partial charge in [-0.05, 0) is 29.8 Å². The van der Waals surface area contributed by atoms with Crippen molar-refractivity contribution in [2.45, 2.75) is 5.92 Å². The summed E-state index contributed by atoms with van der Waals surface area (Å²) in [6.45, 7) is 0. The molecule has 0 spiro atoms. The Morgan fingerprint density at radius 1 is 1.09 bits per heavy atom. The third-order valence-electron chi connectivity index (χ3n) is 2.92. The molecule has 0 bridgehead atoms. The molecule has 0 aromatic heterocycles. The lowest BCUT2D eigenvalue weighted by atomic mass is 9.92. The molecule has 0 saturated carbocycles. The number of guanidine groups is 1. The summed E-state index contributed by atoms with van der Waals surface area (Å²) in [4.78, 5) is 0. The van der Waals surface area contributed by atoms with Gasteiger partial charge >= 0.3 is 0 Å². The molecule has 22 heavy (non-hydrogen) atoms. The Labute approximate surface area is 134 Å². The summed E-state index contributed by atoms with van der Waals surface area (Å²) in [6, 6.07) is 10.3. The number of rotatable bonds is 4. The van der Waals surface area contributed by atoms with Crippen LogP contribution >= 0.6 is 15.9 Å². The second kappa shape index (κ2) is 7.13. The van der Waals surface area contributed by atoms with E-state index in [1.807, 2.05) is 0 Å². The smallest absolute Gasteiger partial charge is 0.211 e. The molecule has 2 rings (SSSR count). The molecule has 7 heteroatoms. The van der Waals surface area contributed by atoms with E-state index in [9.17, 15) is 8.78 Å². The van der Waals surface area contributed by atoms with Crippen molar-refractivity contribution >= 4 is 28.1 Å². The van der Waals surface area contributed by atoms with Gasteiger partial charge in [0.05, 0.1) is 5.92 Å². The zero-order valence-electron chi connectivity index (χ0n) is 11.4. The number of hydrogen-bond acceptors (Lipinski definition) is 2. The van der Waals surface area contributed by atoms with E-state index < -0.39 is 17.6 Å². The van der Waals surface area contributed by atoms with Crippen LogP contribution in [0.25, 0.3) is 0 Å². The van der Waals surface area contributed by atoms with Crippen molar-refractivity contribution in [1.29, 1.82) is 0 Å². The summed E-state index contributed by atoms with van der Waals surface area (Å²) < 4.78 is 28.3. The van der Waals surface area contributed by atoms with Gasteiger partial charge in [0.15, 0.2) is 0 Å². The summed E-state index contributed by atoms with van der Waals surface area (Å²) >= 11 is 3.34. The van der Waals surface area contributed by atoms with E-state index in [-0.39, 0.29) is 5.96 Å². The first-order chi connectivity index (χ1) is 10.5. The van der Waals surface area contributed by atoms with Crippen LogP contribution in [-0.4, -0.2) is 12.2 Å². The van der Waals surface area contributed by atoms with Crippen LogP contribution in [0.3, 0.4) is 0 Å². The number of benzene rings is 2. The largest absolute Gasteiger partial charge is 0.369 e. The molecule has 2 aromatic rings. The minimum atomic E-state index is -0.644. The summed E-state index contributed by atoms with van der Waals surface area (Å²) in [6.07, 6.45) is 1.36. The summed E-state index contributed by atoms with van der Waals surface area (Å²) in [5.41, 5.74) is 11.3. The highest BCUT2D eigenvalue weighted by Crippen LogP contribution is 2.31. The topological polar surface area (TPSA) is 76.8 Å². The monoisotopic (exact) mass is 366 g/mol. The van der Waals surface area contributed by atoms with Gasteiger partial charge in [-0.2, -0.15) is 5.10 Å². The van der Waals surface area contributed by atoms with Crippen molar-refractivity contribution in [1.82, 2.24) is 0 Å². The third kappa shape index (κ3) is 3.88. The van der Waals surface area contributed by atoms with Gasteiger partial charge in [0, 0.05) is 16.3 Å². The molecule has 0 radical (unpaired) electrons. The van der Waals surface area contributed by atoms with Crippen LogP contribution in [0.2, 0.25) is 0 Å². The molecule has 0 aliphatic heterocycles. The molecule has 0 fully saturated rings. The van der Waals surface area contributed by atoms with Crippen LogP contribution in [0, 0.1) is 11.6 Å². The molecule has 0 aliphatic rings. The minimum absolute atomic E-state index is 0.221. The number of nitrogens with zero attached hydrogens (tertiary/aromatic N) is 2. The standard InChI is InChI=1S/C15H13BrF2N4/c16-13-6-5-9(17)7-11(13)12(8-21-22-15(19)20)10-3-1-2-4-14(10)18/h1-8,12H,(H4,19,20,22). The summed E-state index contributed by atoms with van der Waals surface area (Å²) in [5.74, 6) is -1.73. The average Bonchev–Trinajstić information content (AvgIpc) is 2.47. The molecule has 0 saturated heterocycles. The first-order valence-electron chi connectivity index (χ1n) is 6.30. The lowest BCUT2D eigenvalue weighted by Crippen LogP contribution is -2.21. The van der Waals surface area contributed by atoms with E-state index in [0.29, 0.717) is 15.6 Å². The number of hydrogen-bond donors (Lipinski definition) is 2. The molecule has 4 nitrogen and oxygen atoms in total. The predicted molar refractivity (Wildman–Crippen MR) is 86.6 cm³/mol. The van der Waals surface area contributed by atoms with E-state index in [1.165, 1.54) is 24.4 Å². The molecule has 114 valence electrons. The van der Waals surface area contributed by atoms with Crippen molar-refractivity contribution in [3.05, 3.63) is 69.7 Å². The number of halogens is 3. The molecular weight excluding hydrogens is 354 g/mol. The Balaban J connectivity index is 2.55. The normalized spacial score (nSPS) is 12.3. The van der Waals surface area contributed by atoms with Gasteiger partial charge in [0.1, 0.15) is 11.6 Å². The second-order valence-corrected chi connectivity index (χ2v) is 5.31. The highest BCUT2D eigenvalue weighted by molar-refractivity contribution is 9.10. The van der Waals surface area contributed by atoms with Crippen molar-refractivity contribution in [2.75, 3.05) is 0 Å². The first-order valence-corrected chi connectivity index (χ1v) is 7.10. The van der Waals surface area contributed by atoms with E-state index in [1.54, 1.807) is 24.3 Å². The van der Waals surface area contributed by atoms with Crippen molar-refractivity contribution in [3.63, 3.8) is 0 Å². The SMILES string of the molecule is NC(N)=NN=CC(c1ccccc1F)c1cc(F)ccc1Br. The van der Waals surface area contributed by atoms with Crippen LogP contribution in [0.5, 0.6) is 0 Å². The van der Waals surface area contributed by atoms with Crippen molar-refractivity contribution in [2.24, 2.45) is 21.7 Å². The Hall–Kier alpha value is -2.28. The van der Waals surface area contributed by atoms with Gasteiger partial charge < -0.3 is 11.5 Å². The van der Waals surface area contributed by atoms with Gasteiger partial charge in [-0.25, -0.2) is 8.78 Å². The molecular formula is C15H13BrF2N4. The van der Waals surface area contributed by atoms with Crippen LogP contribution in [-0.2, 0) is 0 Å². The quantitative estimate of drug-likeness (QED) is 0.495. The molecule has 0 aliphatic carbocycles. The first kappa shape index (κ1) is 16.1. The zero-order chi connectivity index (χ0) is 16.1. The van der Waals surface area contributed by atoms with Gasteiger partial charge in [0.25, 0.3) is 0 Å². The van der Waals surface area contributed by atoms with Gasteiger partial charge in [0.2, 0.25) is 5.96 Å². The third-order valence-corrected chi connectivity index (χ3v) is 3.64. The Kier molecular flexibility index (Phi) is 5.21. The highest BCUT2D eigenvalue weighted by atomic mass is 79.9. The molecule has 0 amide bonds. The van der Waals surface area contributed by atoms with Gasteiger partial charge in [-0.1, -0.05) is 34.1 Å². The molecule has 2 aromatic carbocycles. The molecule has 1 unspecified atom stereocenters. The Morgan fingerprint density at radius 3 is 2.50 bits per heavy atom. The maximum Gasteiger partial charge on any atom is 0.211 e. The summed E-state index contributed by atoms with van der Waals surface area (Å²) in [7, 11) is 0. The second-order valence-electron chi connectivity index (χ2n) is 4.45. The Morgan fingerprint density at radius 2 is 1.82 bits per heavy atom. The van der Waals surface area contributed by atoms with E-state index in [0.717, 1.165) is 0 Å². The fourth-order valence-electron chi connectivity index (χ4n) is 1.98. The molecule has 4 N–H and O–H groups in total. The maximum atomic E-state index is 14.1. The van der Waals surface area contributed by atoms with Crippen molar-refractivity contribution in [3.8, 4) is 0 Å². The lowest BCUT2D eigenvalue weighted by Gasteiger charge is -2.15. The summed E-state index contributed by atoms with van der Waals surface area (Å²) in [5, 5.41) is 7.25. The lowest BCUT2D eigenvalue weighted by molar-refractivity contribution is 0.608. The number of nitrogens with two attached hydrogens (primary N) is 2.